The molecular weight excluding hydrogens is 444 g/mol. The summed E-state index contributed by atoms with van der Waals surface area (Å²) in [5, 5.41) is 15.6. The van der Waals surface area contributed by atoms with E-state index in [1.165, 1.54) is 44.1 Å². The van der Waals surface area contributed by atoms with Gasteiger partial charge in [-0.15, -0.1) is 0 Å². The average molecular weight is 487 g/mol. The van der Waals surface area contributed by atoms with Gasteiger partial charge >= 0.3 is 12.1 Å². The molecule has 3 N–H and O–H groups in total. The molecule has 2 aliphatic carbocycles. The van der Waals surface area contributed by atoms with Gasteiger partial charge in [-0.1, -0.05) is 25.3 Å². The number of hydrogen-bond acceptors (Lipinski definition) is 6. The standard InChI is InChI=1S/C27H42N4O4/c32-26(33)24(30-27(34)35-19-20-7-2-1-3-8-20)15-18-31(23-13-14-23)17-5-4-10-22-12-11-21-9-6-16-28-25(21)29-22/h11-12,20,23-24H,1-10,13-19H2,(H,28,29)(H,30,34)(H,32,33). The summed E-state index contributed by atoms with van der Waals surface area (Å²) in [4.78, 5) is 31.1. The largest absolute Gasteiger partial charge is 0.480 e. The summed E-state index contributed by atoms with van der Waals surface area (Å²) in [6, 6.07) is 4.00. The second kappa shape index (κ2) is 13.1. The van der Waals surface area contributed by atoms with Crippen LogP contribution >= 0.6 is 0 Å². The van der Waals surface area contributed by atoms with Crippen molar-refractivity contribution in [3.8, 4) is 0 Å². The van der Waals surface area contributed by atoms with Gasteiger partial charge in [0.2, 0.25) is 0 Å². The molecule has 1 amide bonds. The Bertz CT molecular complexity index is 838. The van der Waals surface area contributed by atoms with Crippen molar-refractivity contribution >= 4 is 17.9 Å². The Morgan fingerprint density at radius 1 is 1.11 bits per heavy atom. The summed E-state index contributed by atoms with van der Waals surface area (Å²) in [6.45, 7) is 3.02. The van der Waals surface area contributed by atoms with E-state index in [1.54, 1.807) is 0 Å². The topological polar surface area (TPSA) is 104 Å². The van der Waals surface area contributed by atoms with Gasteiger partial charge in [0.05, 0.1) is 6.61 Å². The third-order valence-electron chi connectivity index (χ3n) is 7.61. The first-order valence-electron chi connectivity index (χ1n) is 13.7. The molecule has 1 aromatic heterocycles. The van der Waals surface area contributed by atoms with Gasteiger partial charge in [-0.3, -0.25) is 0 Å². The minimum atomic E-state index is -0.998. The van der Waals surface area contributed by atoms with Crippen LogP contribution in [0.2, 0.25) is 0 Å². The third kappa shape index (κ3) is 8.37. The van der Waals surface area contributed by atoms with Gasteiger partial charge in [0.15, 0.2) is 0 Å². The first-order chi connectivity index (χ1) is 17.1. The molecule has 0 aromatic carbocycles. The molecule has 0 spiro atoms. The number of ether oxygens (including phenoxy) is 1. The Kier molecular flexibility index (Phi) is 9.63. The number of aliphatic carboxylic acids is 1. The van der Waals surface area contributed by atoms with Crippen LogP contribution in [0, 0.1) is 5.92 Å². The summed E-state index contributed by atoms with van der Waals surface area (Å²) in [5.41, 5.74) is 2.46. The zero-order valence-electron chi connectivity index (χ0n) is 21.0. The number of aromatic nitrogens is 1. The number of hydrogen-bond donors (Lipinski definition) is 3. The summed E-state index contributed by atoms with van der Waals surface area (Å²) in [6.07, 6.45) is 13.3. The molecule has 8 nitrogen and oxygen atoms in total. The van der Waals surface area contributed by atoms with Crippen LogP contribution in [-0.4, -0.2) is 65.4 Å². The fourth-order valence-electron chi connectivity index (χ4n) is 5.33. The Morgan fingerprint density at radius 3 is 2.71 bits per heavy atom. The van der Waals surface area contributed by atoms with Crippen LogP contribution in [0.25, 0.3) is 0 Å². The van der Waals surface area contributed by atoms with Crippen LogP contribution < -0.4 is 10.6 Å². The minimum Gasteiger partial charge on any atom is -0.480 e. The van der Waals surface area contributed by atoms with E-state index in [-0.39, 0.29) is 0 Å². The number of carbonyl (C=O) groups is 2. The Labute approximate surface area is 209 Å². The van der Waals surface area contributed by atoms with Crippen LogP contribution in [0.4, 0.5) is 10.6 Å². The number of pyridine rings is 1. The van der Waals surface area contributed by atoms with E-state index in [0.717, 1.165) is 63.1 Å². The Morgan fingerprint density at radius 2 is 1.94 bits per heavy atom. The molecule has 2 saturated carbocycles. The molecule has 1 aliphatic heterocycles. The van der Waals surface area contributed by atoms with Crippen LogP contribution in [0.3, 0.4) is 0 Å². The number of aryl methyl sites for hydroxylation is 2. The predicted octanol–water partition coefficient (Wildman–Crippen LogP) is 4.38. The van der Waals surface area contributed by atoms with Crippen LogP contribution in [0.15, 0.2) is 12.1 Å². The number of carbonyl (C=O) groups excluding carboxylic acids is 1. The zero-order valence-corrected chi connectivity index (χ0v) is 21.0. The number of nitrogens with zero attached hydrogens (tertiary/aromatic N) is 2. The summed E-state index contributed by atoms with van der Waals surface area (Å²) in [5.74, 6) is 0.469. The van der Waals surface area contributed by atoms with Gasteiger partial charge in [-0.05, 0) is 88.3 Å². The van der Waals surface area contributed by atoms with Crippen molar-refractivity contribution < 1.29 is 19.4 Å². The number of unbranched alkanes of at least 4 members (excludes halogenated alkanes) is 1. The molecule has 1 aromatic rings. The van der Waals surface area contributed by atoms with Crippen molar-refractivity contribution in [1.82, 2.24) is 15.2 Å². The Hall–Kier alpha value is -2.35. The molecule has 1 unspecified atom stereocenters. The molecule has 2 fully saturated rings. The lowest BCUT2D eigenvalue weighted by atomic mass is 9.90. The molecule has 3 aliphatic rings. The van der Waals surface area contributed by atoms with Crippen molar-refractivity contribution in [3.63, 3.8) is 0 Å². The molecule has 0 bridgehead atoms. The number of carboxylic acids is 1. The molecule has 4 rings (SSSR count). The summed E-state index contributed by atoms with van der Waals surface area (Å²) < 4.78 is 5.35. The maximum Gasteiger partial charge on any atom is 0.407 e. The second-order valence-electron chi connectivity index (χ2n) is 10.5. The van der Waals surface area contributed by atoms with E-state index >= 15 is 0 Å². The van der Waals surface area contributed by atoms with Crippen molar-refractivity contribution in [2.45, 2.75) is 95.6 Å². The number of rotatable bonds is 13. The lowest BCUT2D eigenvalue weighted by Crippen LogP contribution is -2.44. The fourth-order valence-corrected chi connectivity index (χ4v) is 5.33. The Balaban J connectivity index is 1.16. The molecule has 35 heavy (non-hydrogen) atoms. The van der Waals surface area contributed by atoms with Crippen molar-refractivity contribution in [1.29, 1.82) is 0 Å². The first-order valence-corrected chi connectivity index (χ1v) is 13.7. The molecule has 0 saturated heterocycles. The second-order valence-corrected chi connectivity index (χ2v) is 10.5. The maximum absolute atomic E-state index is 12.2. The van der Waals surface area contributed by atoms with Gasteiger partial charge in [0, 0.05) is 24.8 Å². The fraction of sp³-hybridized carbons (Fsp3) is 0.741. The van der Waals surface area contributed by atoms with E-state index in [1.807, 2.05) is 0 Å². The van der Waals surface area contributed by atoms with Gasteiger partial charge in [-0.25, -0.2) is 14.6 Å². The number of amides is 1. The number of fused-ring (bicyclic) bond motifs is 1. The minimum absolute atomic E-state index is 0.390. The van der Waals surface area contributed by atoms with E-state index in [0.29, 0.717) is 31.5 Å². The van der Waals surface area contributed by atoms with Gasteiger partial charge in [0.25, 0.3) is 0 Å². The maximum atomic E-state index is 12.2. The molecule has 0 radical (unpaired) electrons. The first kappa shape index (κ1) is 25.7. The quantitative estimate of drug-likeness (QED) is 0.356. The van der Waals surface area contributed by atoms with E-state index in [9.17, 15) is 14.7 Å². The van der Waals surface area contributed by atoms with E-state index in [4.69, 9.17) is 9.72 Å². The average Bonchev–Trinajstić information content (AvgIpc) is 3.72. The monoisotopic (exact) mass is 486 g/mol. The summed E-state index contributed by atoms with van der Waals surface area (Å²) >= 11 is 0. The van der Waals surface area contributed by atoms with Crippen LogP contribution in [-0.2, 0) is 22.4 Å². The van der Waals surface area contributed by atoms with Crippen LogP contribution in [0.1, 0.15) is 81.9 Å². The number of anilines is 1. The van der Waals surface area contributed by atoms with Crippen molar-refractivity contribution in [2.75, 3.05) is 31.6 Å². The lowest BCUT2D eigenvalue weighted by Gasteiger charge is -2.25. The number of alkyl carbamates (subject to hydrolysis) is 1. The lowest BCUT2D eigenvalue weighted by molar-refractivity contribution is -0.139. The smallest absolute Gasteiger partial charge is 0.407 e. The highest BCUT2D eigenvalue weighted by Crippen LogP contribution is 2.28. The van der Waals surface area contributed by atoms with Crippen molar-refractivity contribution in [2.24, 2.45) is 5.92 Å². The number of nitrogens with one attached hydrogen (secondary N) is 2. The normalized spacial score (nSPS) is 19.0. The highest BCUT2D eigenvalue weighted by molar-refractivity contribution is 5.79. The zero-order chi connectivity index (χ0) is 24.5. The highest BCUT2D eigenvalue weighted by atomic mass is 16.5. The molecule has 194 valence electrons. The molecule has 2 heterocycles. The third-order valence-corrected chi connectivity index (χ3v) is 7.61. The van der Waals surface area contributed by atoms with E-state index in [2.05, 4.69) is 27.7 Å². The number of carboxylic acid groups (broad SMARTS) is 1. The SMILES string of the molecule is O=C(NC(CCN(CCCCc1ccc2c(n1)NCCC2)C1CC1)C(=O)O)OCC1CCCCC1. The predicted molar refractivity (Wildman–Crippen MR) is 136 cm³/mol. The van der Waals surface area contributed by atoms with E-state index < -0.39 is 18.1 Å². The van der Waals surface area contributed by atoms with Crippen molar-refractivity contribution in [3.05, 3.63) is 23.4 Å². The molecule has 8 heteroatoms. The van der Waals surface area contributed by atoms with Gasteiger partial charge in [0.1, 0.15) is 11.9 Å². The highest BCUT2D eigenvalue weighted by Gasteiger charge is 2.30. The molecular formula is C27H42N4O4. The summed E-state index contributed by atoms with van der Waals surface area (Å²) in [7, 11) is 0. The van der Waals surface area contributed by atoms with Gasteiger partial charge < -0.3 is 25.4 Å². The van der Waals surface area contributed by atoms with Crippen LogP contribution in [0.5, 0.6) is 0 Å². The molecule has 1 atom stereocenters. The van der Waals surface area contributed by atoms with Gasteiger partial charge in [-0.2, -0.15) is 0 Å².